The summed E-state index contributed by atoms with van der Waals surface area (Å²) in [7, 11) is 0. The number of carbonyl (C=O) groups excluding carboxylic acids is 3. The molecule has 21 heavy (non-hydrogen) atoms. The zero-order valence-electron chi connectivity index (χ0n) is 13.2. The van der Waals surface area contributed by atoms with E-state index in [0.29, 0.717) is 42.2 Å². The molecule has 0 N–H and O–H groups in total. The van der Waals surface area contributed by atoms with Crippen LogP contribution in [-0.4, -0.2) is 17.3 Å². The van der Waals surface area contributed by atoms with Crippen molar-refractivity contribution in [2.45, 2.75) is 65.2 Å². The fraction of sp³-hybridized carbons (Fsp3) is 0.833. The molecule has 3 fully saturated rings. The Morgan fingerprint density at radius 3 is 2.62 bits per heavy atom. The van der Waals surface area contributed by atoms with Crippen LogP contribution in [0.15, 0.2) is 0 Å². The fourth-order valence-corrected chi connectivity index (χ4v) is 5.47. The van der Waals surface area contributed by atoms with Crippen molar-refractivity contribution >= 4 is 17.3 Å². The predicted octanol–water partition coefficient (Wildman–Crippen LogP) is 3.35. The molecule has 3 rings (SSSR count). The third-order valence-corrected chi connectivity index (χ3v) is 6.66. The van der Waals surface area contributed by atoms with Gasteiger partial charge in [-0.3, -0.25) is 9.59 Å². The van der Waals surface area contributed by atoms with E-state index in [4.69, 9.17) is 0 Å². The van der Waals surface area contributed by atoms with Crippen molar-refractivity contribution in [3.05, 3.63) is 0 Å². The van der Waals surface area contributed by atoms with Crippen LogP contribution in [0, 0.1) is 29.1 Å². The van der Waals surface area contributed by atoms with Gasteiger partial charge in [0.1, 0.15) is 17.3 Å². The van der Waals surface area contributed by atoms with E-state index in [-0.39, 0.29) is 17.1 Å². The molecule has 3 heteroatoms. The first-order valence-electron chi connectivity index (χ1n) is 8.49. The molecule has 0 aliphatic heterocycles. The van der Waals surface area contributed by atoms with Crippen molar-refractivity contribution < 1.29 is 14.4 Å². The zero-order valence-corrected chi connectivity index (χ0v) is 13.2. The number of ketones is 3. The molecule has 3 saturated carbocycles. The normalized spacial score (nSPS) is 42.6. The molecule has 0 amide bonds. The maximum absolute atomic E-state index is 12.3. The van der Waals surface area contributed by atoms with Crippen molar-refractivity contribution in [3.8, 4) is 0 Å². The maximum Gasteiger partial charge on any atom is 0.139 e. The van der Waals surface area contributed by atoms with Crippen LogP contribution in [0.25, 0.3) is 0 Å². The van der Waals surface area contributed by atoms with Gasteiger partial charge in [-0.1, -0.05) is 6.92 Å². The molecular formula is C18H26O3. The average Bonchev–Trinajstić information content (AvgIpc) is 2.74. The van der Waals surface area contributed by atoms with Gasteiger partial charge in [-0.15, -0.1) is 0 Å². The molecule has 3 aliphatic carbocycles. The molecule has 3 nitrogen and oxygen atoms in total. The van der Waals surface area contributed by atoms with E-state index in [1.807, 2.05) is 0 Å². The zero-order chi connectivity index (χ0) is 15.2. The second-order valence-corrected chi connectivity index (χ2v) is 7.70. The van der Waals surface area contributed by atoms with Crippen LogP contribution < -0.4 is 0 Å². The number of hydrogen-bond donors (Lipinski definition) is 0. The highest BCUT2D eigenvalue weighted by molar-refractivity contribution is 5.88. The Labute approximate surface area is 126 Å². The van der Waals surface area contributed by atoms with Crippen LogP contribution in [0.2, 0.25) is 0 Å². The van der Waals surface area contributed by atoms with E-state index in [0.717, 1.165) is 38.5 Å². The third-order valence-electron chi connectivity index (χ3n) is 6.66. The van der Waals surface area contributed by atoms with Gasteiger partial charge in [0, 0.05) is 30.6 Å². The lowest BCUT2D eigenvalue weighted by Crippen LogP contribution is -2.47. The molecule has 116 valence electrons. The standard InChI is InChI=1S/C18H26O3/c1-11(19)3-4-14-12-9-10-18(2)15(6-8-17(18)21)13(12)5-7-16(14)20/h12-15H,3-10H2,1-2H3/t12-,13+,14?,15-,18-/m0/s1. The summed E-state index contributed by atoms with van der Waals surface area (Å²) in [6.07, 6.45) is 6.57. The van der Waals surface area contributed by atoms with Gasteiger partial charge in [-0.05, 0) is 56.8 Å². The van der Waals surface area contributed by atoms with Gasteiger partial charge in [-0.2, -0.15) is 0 Å². The first-order valence-corrected chi connectivity index (χ1v) is 8.49. The summed E-state index contributed by atoms with van der Waals surface area (Å²) in [5.74, 6) is 2.51. The molecule has 0 aromatic carbocycles. The highest BCUT2D eigenvalue weighted by Gasteiger charge is 2.56. The van der Waals surface area contributed by atoms with Gasteiger partial charge in [0.05, 0.1) is 0 Å². The Morgan fingerprint density at radius 1 is 1.14 bits per heavy atom. The number of Topliss-reactive ketones (excluding diaryl/α,β-unsaturated/α-hetero) is 3. The lowest BCUT2D eigenvalue weighted by molar-refractivity contribution is -0.138. The summed E-state index contributed by atoms with van der Waals surface area (Å²) in [5, 5.41) is 0. The van der Waals surface area contributed by atoms with Crippen LogP contribution in [0.1, 0.15) is 65.2 Å². The number of hydrogen-bond acceptors (Lipinski definition) is 3. The Balaban J connectivity index is 1.80. The minimum Gasteiger partial charge on any atom is -0.300 e. The lowest BCUT2D eigenvalue weighted by atomic mass is 9.53. The van der Waals surface area contributed by atoms with Crippen molar-refractivity contribution in [2.24, 2.45) is 29.1 Å². The van der Waals surface area contributed by atoms with E-state index in [2.05, 4.69) is 6.92 Å². The van der Waals surface area contributed by atoms with Gasteiger partial charge in [0.25, 0.3) is 0 Å². The van der Waals surface area contributed by atoms with E-state index < -0.39 is 0 Å². The van der Waals surface area contributed by atoms with Crippen molar-refractivity contribution in [1.29, 1.82) is 0 Å². The fourth-order valence-electron chi connectivity index (χ4n) is 5.47. The second-order valence-electron chi connectivity index (χ2n) is 7.70. The van der Waals surface area contributed by atoms with Crippen molar-refractivity contribution in [1.82, 2.24) is 0 Å². The third kappa shape index (κ3) is 2.39. The van der Waals surface area contributed by atoms with E-state index in [1.165, 1.54) is 0 Å². The second kappa shape index (κ2) is 5.33. The van der Waals surface area contributed by atoms with Crippen LogP contribution in [0.4, 0.5) is 0 Å². The summed E-state index contributed by atoms with van der Waals surface area (Å²) >= 11 is 0. The molecule has 0 heterocycles. The quantitative estimate of drug-likeness (QED) is 0.801. The van der Waals surface area contributed by atoms with Gasteiger partial charge in [0.15, 0.2) is 0 Å². The minimum absolute atomic E-state index is 0.0768. The Kier molecular flexibility index (Phi) is 3.79. The van der Waals surface area contributed by atoms with Crippen LogP contribution >= 0.6 is 0 Å². The van der Waals surface area contributed by atoms with Crippen LogP contribution in [0.5, 0.6) is 0 Å². The number of carbonyl (C=O) groups is 3. The Bertz CT molecular complexity index is 481. The molecule has 0 radical (unpaired) electrons. The first kappa shape index (κ1) is 14.9. The predicted molar refractivity (Wildman–Crippen MR) is 79.7 cm³/mol. The monoisotopic (exact) mass is 290 g/mol. The summed E-state index contributed by atoms with van der Waals surface area (Å²) in [6.45, 7) is 3.77. The smallest absolute Gasteiger partial charge is 0.139 e. The van der Waals surface area contributed by atoms with Gasteiger partial charge >= 0.3 is 0 Å². The first-order chi connectivity index (χ1) is 9.93. The van der Waals surface area contributed by atoms with E-state index in [9.17, 15) is 14.4 Å². The van der Waals surface area contributed by atoms with E-state index >= 15 is 0 Å². The molecule has 0 saturated heterocycles. The molecule has 5 atom stereocenters. The van der Waals surface area contributed by atoms with Crippen LogP contribution in [-0.2, 0) is 14.4 Å². The summed E-state index contributed by atoms with van der Waals surface area (Å²) < 4.78 is 0. The topological polar surface area (TPSA) is 51.2 Å². The molecular weight excluding hydrogens is 264 g/mol. The lowest BCUT2D eigenvalue weighted by Gasteiger charge is -2.50. The van der Waals surface area contributed by atoms with E-state index in [1.54, 1.807) is 6.92 Å². The Hall–Kier alpha value is -0.990. The maximum atomic E-state index is 12.3. The van der Waals surface area contributed by atoms with Gasteiger partial charge in [0.2, 0.25) is 0 Å². The van der Waals surface area contributed by atoms with Crippen molar-refractivity contribution in [2.75, 3.05) is 0 Å². The molecule has 0 bridgehead atoms. The number of fused-ring (bicyclic) bond motifs is 3. The van der Waals surface area contributed by atoms with Gasteiger partial charge < -0.3 is 4.79 Å². The summed E-state index contributed by atoms with van der Waals surface area (Å²) in [5.41, 5.74) is -0.118. The van der Waals surface area contributed by atoms with Crippen LogP contribution in [0.3, 0.4) is 0 Å². The summed E-state index contributed by atoms with van der Waals surface area (Å²) in [6, 6.07) is 0. The largest absolute Gasteiger partial charge is 0.300 e. The Morgan fingerprint density at radius 2 is 1.90 bits per heavy atom. The highest BCUT2D eigenvalue weighted by Crippen LogP contribution is 2.58. The van der Waals surface area contributed by atoms with Crippen molar-refractivity contribution in [3.63, 3.8) is 0 Å². The molecule has 0 spiro atoms. The summed E-state index contributed by atoms with van der Waals surface area (Å²) in [4.78, 5) is 35.8. The molecule has 0 aromatic heterocycles. The average molecular weight is 290 g/mol. The highest BCUT2D eigenvalue weighted by atomic mass is 16.1. The minimum atomic E-state index is -0.118. The molecule has 3 aliphatic rings. The van der Waals surface area contributed by atoms with Gasteiger partial charge in [-0.25, -0.2) is 0 Å². The number of rotatable bonds is 3. The molecule has 0 aromatic rings. The molecule has 1 unspecified atom stereocenters. The SMILES string of the molecule is CC(=O)CCC1C(=O)CC[C@@H]2[C@@H]1CC[C@]1(C)C(=O)CC[C@@H]21.